The van der Waals surface area contributed by atoms with Gasteiger partial charge < -0.3 is 10.5 Å². The molecule has 0 aliphatic heterocycles. The van der Waals surface area contributed by atoms with Crippen LogP contribution in [0.3, 0.4) is 0 Å². The van der Waals surface area contributed by atoms with Crippen molar-refractivity contribution in [2.75, 3.05) is 0 Å². The fourth-order valence-electron chi connectivity index (χ4n) is 1.59. The highest BCUT2D eigenvalue weighted by Crippen LogP contribution is 2.31. The van der Waals surface area contributed by atoms with Crippen molar-refractivity contribution in [2.45, 2.75) is 0 Å². The summed E-state index contributed by atoms with van der Waals surface area (Å²) in [5, 5.41) is 0. The number of halogens is 2. The highest BCUT2D eigenvalue weighted by molar-refractivity contribution is 5.76. The molecule has 3 nitrogen and oxygen atoms in total. The van der Waals surface area contributed by atoms with Crippen molar-refractivity contribution in [1.29, 1.82) is 0 Å². The fraction of sp³-hybridized carbons (Fsp3) is 0. The van der Waals surface area contributed by atoms with E-state index >= 15 is 0 Å². The molecule has 0 aliphatic carbocycles. The molecule has 0 bridgehead atoms. The topological polar surface area (TPSA) is 52.3 Å². The number of para-hydroxylation sites is 1. The molecule has 2 rings (SSSR count). The van der Waals surface area contributed by atoms with Crippen LogP contribution in [0.4, 0.5) is 13.6 Å². The zero-order valence-electron chi connectivity index (χ0n) is 9.19. The van der Waals surface area contributed by atoms with Crippen molar-refractivity contribution >= 4 is 6.09 Å². The van der Waals surface area contributed by atoms with E-state index in [4.69, 9.17) is 10.5 Å². The van der Waals surface area contributed by atoms with Gasteiger partial charge in [0.25, 0.3) is 0 Å². The number of rotatable bonds is 2. The van der Waals surface area contributed by atoms with Gasteiger partial charge in [-0.1, -0.05) is 18.2 Å². The van der Waals surface area contributed by atoms with Crippen LogP contribution in [0.5, 0.6) is 5.75 Å². The molecule has 0 saturated carbocycles. The molecule has 0 atom stereocenters. The van der Waals surface area contributed by atoms with Crippen molar-refractivity contribution in [3.05, 3.63) is 54.1 Å². The monoisotopic (exact) mass is 249 g/mol. The summed E-state index contributed by atoms with van der Waals surface area (Å²) in [6.07, 6.45) is -0.995. The minimum Gasteiger partial charge on any atom is -0.410 e. The molecule has 0 aliphatic rings. The lowest BCUT2D eigenvalue weighted by atomic mass is 10.0. The van der Waals surface area contributed by atoms with E-state index in [9.17, 15) is 13.6 Å². The number of carbonyl (C=O) groups excluding carboxylic acids is 1. The summed E-state index contributed by atoms with van der Waals surface area (Å²) in [7, 11) is 0. The molecule has 92 valence electrons. The van der Waals surface area contributed by atoms with E-state index in [0.29, 0.717) is 5.56 Å². The summed E-state index contributed by atoms with van der Waals surface area (Å²) in [5.74, 6) is -1.30. The number of carbonyl (C=O) groups is 1. The Bertz CT molecular complexity index is 599. The minimum absolute atomic E-state index is 0.121. The Kier molecular flexibility index (Phi) is 3.23. The highest BCUT2D eigenvalue weighted by Gasteiger charge is 2.12. The molecule has 0 saturated heterocycles. The average Bonchev–Trinajstić information content (AvgIpc) is 2.30. The second-order valence-corrected chi connectivity index (χ2v) is 3.54. The molecule has 5 heteroatoms. The van der Waals surface area contributed by atoms with Gasteiger partial charge in [-0.3, -0.25) is 0 Å². The first kappa shape index (κ1) is 12.0. The molecule has 0 fully saturated rings. The second-order valence-electron chi connectivity index (χ2n) is 3.54. The second kappa shape index (κ2) is 4.83. The van der Waals surface area contributed by atoms with Crippen molar-refractivity contribution in [1.82, 2.24) is 0 Å². The van der Waals surface area contributed by atoms with E-state index < -0.39 is 17.7 Å². The van der Waals surface area contributed by atoms with Gasteiger partial charge in [0.05, 0.1) is 0 Å². The van der Waals surface area contributed by atoms with Gasteiger partial charge in [0.1, 0.15) is 17.4 Å². The van der Waals surface area contributed by atoms with Gasteiger partial charge in [-0.05, 0) is 18.2 Å². The lowest BCUT2D eigenvalue weighted by molar-refractivity contribution is 0.211. The Morgan fingerprint density at radius 3 is 2.44 bits per heavy atom. The molecule has 0 heterocycles. The van der Waals surface area contributed by atoms with Crippen molar-refractivity contribution in [2.24, 2.45) is 5.73 Å². The van der Waals surface area contributed by atoms with Crippen LogP contribution in [-0.4, -0.2) is 6.09 Å². The van der Waals surface area contributed by atoms with Crippen LogP contribution in [0.15, 0.2) is 42.5 Å². The highest BCUT2D eigenvalue weighted by atomic mass is 19.1. The summed E-state index contributed by atoms with van der Waals surface area (Å²) < 4.78 is 31.2. The molecule has 18 heavy (non-hydrogen) atoms. The zero-order chi connectivity index (χ0) is 13.1. The largest absolute Gasteiger partial charge is 0.410 e. The van der Waals surface area contributed by atoms with Crippen LogP contribution >= 0.6 is 0 Å². The SMILES string of the molecule is NC(=O)Oc1ccccc1-c1ccc(F)cc1F. The third kappa shape index (κ3) is 2.45. The van der Waals surface area contributed by atoms with Crippen LogP contribution in [0, 0.1) is 11.6 Å². The number of nitrogens with two attached hydrogens (primary N) is 1. The Morgan fingerprint density at radius 2 is 1.78 bits per heavy atom. The summed E-state index contributed by atoms with van der Waals surface area (Å²) in [4.78, 5) is 10.7. The molecular weight excluding hydrogens is 240 g/mol. The minimum atomic E-state index is -0.995. The Balaban J connectivity index is 2.53. The van der Waals surface area contributed by atoms with Crippen LogP contribution in [0.2, 0.25) is 0 Å². The van der Waals surface area contributed by atoms with E-state index in [1.54, 1.807) is 18.2 Å². The summed E-state index contributed by atoms with van der Waals surface area (Å²) in [6, 6.07) is 9.44. The van der Waals surface area contributed by atoms with Crippen LogP contribution in [0.1, 0.15) is 0 Å². The van der Waals surface area contributed by atoms with Gasteiger partial charge in [0.15, 0.2) is 0 Å². The molecule has 2 aromatic carbocycles. The number of hydrogen-bond acceptors (Lipinski definition) is 2. The van der Waals surface area contributed by atoms with Crippen LogP contribution in [-0.2, 0) is 0 Å². The zero-order valence-corrected chi connectivity index (χ0v) is 9.19. The summed E-state index contributed by atoms with van der Waals surface area (Å²) in [6.45, 7) is 0. The first-order valence-electron chi connectivity index (χ1n) is 5.09. The maximum Gasteiger partial charge on any atom is 0.409 e. The van der Waals surface area contributed by atoms with Gasteiger partial charge in [-0.2, -0.15) is 0 Å². The van der Waals surface area contributed by atoms with Crippen LogP contribution in [0.25, 0.3) is 11.1 Å². The van der Waals surface area contributed by atoms with Gasteiger partial charge in [-0.25, -0.2) is 13.6 Å². The van der Waals surface area contributed by atoms with Gasteiger partial charge in [0, 0.05) is 17.2 Å². The molecule has 0 aromatic heterocycles. The van der Waals surface area contributed by atoms with Crippen molar-refractivity contribution in [3.8, 4) is 16.9 Å². The summed E-state index contributed by atoms with van der Waals surface area (Å²) >= 11 is 0. The Labute approximate surface area is 102 Å². The maximum atomic E-state index is 13.6. The first-order valence-corrected chi connectivity index (χ1v) is 5.09. The Morgan fingerprint density at radius 1 is 1.06 bits per heavy atom. The van der Waals surface area contributed by atoms with E-state index in [2.05, 4.69) is 0 Å². The third-order valence-electron chi connectivity index (χ3n) is 2.32. The van der Waals surface area contributed by atoms with Crippen molar-refractivity contribution in [3.63, 3.8) is 0 Å². The number of amides is 1. The predicted molar refractivity (Wildman–Crippen MR) is 62.0 cm³/mol. The van der Waals surface area contributed by atoms with Gasteiger partial charge in [-0.15, -0.1) is 0 Å². The number of benzene rings is 2. The standard InChI is InChI=1S/C13H9F2NO2/c14-8-5-6-9(11(15)7-8)10-3-1-2-4-12(10)18-13(16)17/h1-7H,(H2,16,17). The lowest BCUT2D eigenvalue weighted by Crippen LogP contribution is -2.16. The smallest absolute Gasteiger partial charge is 0.409 e. The molecule has 0 spiro atoms. The van der Waals surface area contributed by atoms with E-state index in [0.717, 1.165) is 12.1 Å². The predicted octanol–water partition coefficient (Wildman–Crippen LogP) is 3.09. The van der Waals surface area contributed by atoms with E-state index in [1.807, 2.05) is 0 Å². The molecule has 1 amide bonds. The quantitative estimate of drug-likeness (QED) is 0.889. The molecule has 0 radical (unpaired) electrons. The van der Waals surface area contributed by atoms with E-state index in [-0.39, 0.29) is 11.3 Å². The maximum absolute atomic E-state index is 13.6. The van der Waals surface area contributed by atoms with E-state index in [1.165, 1.54) is 12.1 Å². The number of ether oxygens (including phenoxy) is 1. The molecular formula is C13H9F2NO2. The molecule has 0 unspecified atom stereocenters. The lowest BCUT2D eigenvalue weighted by Gasteiger charge is -2.09. The molecule has 2 aromatic rings. The van der Waals surface area contributed by atoms with Gasteiger partial charge >= 0.3 is 6.09 Å². The number of primary amides is 1. The molecule has 2 N–H and O–H groups in total. The summed E-state index contributed by atoms with van der Waals surface area (Å²) in [5.41, 5.74) is 5.38. The first-order chi connectivity index (χ1) is 8.58. The normalized spacial score (nSPS) is 10.1. The van der Waals surface area contributed by atoms with Crippen molar-refractivity contribution < 1.29 is 18.3 Å². The fourth-order valence-corrected chi connectivity index (χ4v) is 1.59. The Hall–Kier alpha value is -2.43. The van der Waals surface area contributed by atoms with Crippen LogP contribution < -0.4 is 10.5 Å². The average molecular weight is 249 g/mol. The number of hydrogen-bond donors (Lipinski definition) is 1. The van der Waals surface area contributed by atoms with Gasteiger partial charge in [0.2, 0.25) is 0 Å². The third-order valence-corrected chi connectivity index (χ3v) is 2.32.